The summed E-state index contributed by atoms with van der Waals surface area (Å²) in [5.41, 5.74) is 1.22. The molecule has 3 amide bonds. The molecule has 0 aromatic carbocycles. The van der Waals surface area contributed by atoms with Crippen LogP contribution in [0.25, 0.3) is 0 Å². The van der Waals surface area contributed by atoms with Crippen molar-refractivity contribution in [1.82, 2.24) is 15.5 Å². The molecule has 0 aliphatic carbocycles. The molecule has 0 spiro atoms. The summed E-state index contributed by atoms with van der Waals surface area (Å²) in [4.78, 5) is 26.4. The number of aliphatic hydroxyl groups is 1. The third-order valence-corrected chi connectivity index (χ3v) is 4.16. The van der Waals surface area contributed by atoms with E-state index in [9.17, 15) is 9.59 Å². The van der Waals surface area contributed by atoms with Crippen molar-refractivity contribution < 1.29 is 14.7 Å². The number of aliphatic hydroxyl groups excluding tert-OH is 1. The Morgan fingerprint density at radius 3 is 3.00 bits per heavy atom. The summed E-state index contributed by atoms with van der Waals surface area (Å²) in [6, 6.07) is 3.10. The maximum Gasteiger partial charge on any atom is 0.319 e. The van der Waals surface area contributed by atoms with Crippen LogP contribution >= 0.6 is 11.3 Å². The van der Waals surface area contributed by atoms with Crippen molar-refractivity contribution in [2.45, 2.75) is 6.04 Å². The first-order valence-corrected chi connectivity index (χ1v) is 6.82. The first-order chi connectivity index (χ1) is 9.20. The lowest BCUT2D eigenvalue weighted by molar-refractivity contribution is -0.126. The van der Waals surface area contributed by atoms with Gasteiger partial charge in [0.1, 0.15) is 0 Å². The van der Waals surface area contributed by atoms with E-state index in [0.29, 0.717) is 17.8 Å². The first-order valence-electron chi connectivity index (χ1n) is 5.95. The van der Waals surface area contributed by atoms with Crippen molar-refractivity contribution in [3.63, 3.8) is 0 Å². The van der Waals surface area contributed by atoms with Crippen LogP contribution < -0.4 is 10.6 Å². The van der Waals surface area contributed by atoms with Crippen LogP contribution in [0.5, 0.6) is 0 Å². The number of rotatable bonds is 3. The second-order valence-corrected chi connectivity index (χ2v) is 5.37. The lowest BCUT2D eigenvalue weighted by atomic mass is 10.0. The highest BCUT2D eigenvalue weighted by molar-refractivity contribution is 7.10. The zero-order valence-electron chi connectivity index (χ0n) is 10.0. The Morgan fingerprint density at radius 2 is 2.32 bits per heavy atom. The van der Waals surface area contributed by atoms with Gasteiger partial charge in [0.05, 0.1) is 30.5 Å². The van der Waals surface area contributed by atoms with Crippen LogP contribution in [0.4, 0.5) is 4.79 Å². The lowest BCUT2D eigenvalue weighted by Crippen LogP contribution is -2.44. The van der Waals surface area contributed by atoms with Gasteiger partial charge in [-0.25, -0.2) is 4.79 Å². The topological polar surface area (TPSA) is 81.7 Å². The highest BCUT2D eigenvalue weighted by Crippen LogP contribution is 2.34. The lowest BCUT2D eigenvalue weighted by Gasteiger charge is -2.24. The molecular weight excluding hydrogens is 266 g/mol. The van der Waals surface area contributed by atoms with Crippen molar-refractivity contribution in [2.24, 2.45) is 0 Å². The van der Waals surface area contributed by atoms with E-state index in [1.165, 1.54) is 11.3 Å². The molecule has 1 atom stereocenters. The van der Waals surface area contributed by atoms with Crippen molar-refractivity contribution in [2.75, 3.05) is 19.7 Å². The third-order valence-electron chi connectivity index (χ3n) is 3.22. The molecule has 7 heteroatoms. The van der Waals surface area contributed by atoms with E-state index < -0.39 is 0 Å². The van der Waals surface area contributed by atoms with Crippen LogP contribution in [0.2, 0.25) is 0 Å². The van der Waals surface area contributed by atoms with E-state index in [-0.39, 0.29) is 31.1 Å². The Hall–Kier alpha value is -1.86. The molecule has 0 fully saturated rings. The van der Waals surface area contributed by atoms with Gasteiger partial charge in [-0.1, -0.05) is 6.07 Å². The number of carbonyl (C=O) groups excluding carboxylic acids is 2. The molecule has 0 radical (unpaired) electrons. The summed E-state index contributed by atoms with van der Waals surface area (Å²) in [6.07, 6.45) is 0. The zero-order chi connectivity index (χ0) is 13.4. The molecule has 0 unspecified atom stereocenters. The number of nitrogens with zero attached hydrogens (tertiary/aromatic N) is 1. The van der Waals surface area contributed by atoms with Crippen molar-refractivity contribution in [3.8, 4) is 0 Å². The molecule has 1 aromatic rings. The van der Waals surface area contributed by atoms with Crippen LogP contribution in [-0.4, -0.2) is 41.6 Å². The van der Waals surface area contributed by atoms with Crippen molar-refractivity contribution in [3.05, 3.63) is 33.7 Å². The average molecular weight is 279 g/mol. The fourth-order valence-electron chi connectivity index (χ4n) is 2.40. The average Bonchev–Trinajstić information content (AvgIpc) is 2.99. The van der Waals surface area contributed by atoms with Gasteiger partial charge in [0.15, 0.2) is 0 Å². The largest absolute Gasteiger partial charge is 0.395 e. The zero-order valence-corrected chi connectivity index (χ0v) is 10.9. The standard InChI is InChI=1S/C12H13N3O3S/c16-4-3-15-6-7-9(11(15)17)10(14-12(18)13-7)8-2-1-5-19-8/h1-2,5,10,16H,3-4,6H2,(H2,13,14,18)/t10-/m0/s1. The van der Waals surface area contributed by atoms with E-state index in [1.54, 1.807) is 4.90 Å². The maximum atomic E-state index is 12.3. The van der Waals surface area contributed by atoms with Crippen LogP contribution in [-0.2, 0) is 4.79 Å². The quantitative estimate of drug-likeness (QED) is 0.739. The predicted molar refractivity (Wildman–Crippen MR) is 69.4 cm³/mol. The summed E-state index contributed by atoms with van der Waals surface area (Å²) < 4.78 is 0. The molecule has 0 saturated carbocycles. The SMILES string of the molecule is O=C1NC2=C(C(=O)N(CCO)C2)[C@H](c2cccs2)N1. The summed E-state index contributed by atoms with van der Waals surface area (Å²) in [6.45, 7) is 0.542. The Morgan fingerprint density at radius 1 is 1.47 bits per heavy atom. The Labute approximate surface area is 113 Å². The number of β-amino-alcohol motifs (C(OH)–C–C–N with tert-alkyl or cyclic N) is 1. The predicted octanol–water partition coefficient (Wildman–Crippen LogP) is 0.191. The second-order valence-electron chi connectivity index (χ2n) is 4.39. The van der Waals surface area contributed by atoms with Gasteiger partial charge in [-0.05, 0) is 11.4 Å². The van der Waals surface area contributed by atoms with Crippen LogP contribution in [0.15, 0.2) is 28.8 Å². The van der Waals surface area contributed by atoms with E-state index in [2.05, 4.69) is 10.6 Å². The molecule has 3 heterocycles. The first kappa shape index (κ1) is 12.2. The van der Waals surface area contributed by atoms with Crippen LogP contribution in [0.3, 0.4) is 0 Å². The molecule has 2 aliphatic heterocycles. The molecule has 3 rings (SSSR count). The number of carbonyl (C=O) groups is 2. The van der Waals surface area contributed by atoms with Crippen LogP contribution in [0, 0.1) is 0 Å². The number of hydrogen-bond acceptors (Lipinski definition) is 4. The van der Waals surface area contributed by atoms with Gasteiger partial charge in [-0.15, -0.1) is 11.3 Å². The van der Waals surface area contributed by atoms with E-state index in [1.807, 2.05) is 17.5 Å². The van der Waals surface area contributed by atoms with Crippen LogP contribution in [0.1, 0.15) is 10.9 Å². The summed E-state index contributed by atoms with van der Waals surface area (Å²) >= 11 is 1.50. The molecule has 0 bridgehead atoms. The fourth-order valence-corrected chi connectivity index (χ4v) is 3.18. The van der Waals surface area contributed by atoms with Gasteiger partial charge in [-0.2, -0.15) is 0 Å². The number of amides is 3. The summed E-state index contributed by atoms with van der Waals surface area (Å²) in [5, 5.41) is 16.3. The smallest absolute Gasteiger partial charge is 0.319 e. The molecule has 0 saturated heterocycles. The van der Waals surface area contributed by atoms with Gasteiger partial charge in [0.25, 0.3) is 5.91 Å². The Bertz CT molecular complexity index is 553. The third kappa shape index (κ3) is 2.00. The van der Waals surface area contributed by atoms with E-state index in [0.717, 1.165) is 4.88 Å². The fraction of sp³-hybridized carbons (Fsp3) is 0.333. The number of thiophene rings is 1. The minimum absolute atomic E-state index is 0.0860. The van der Waals surface area contributed by atoms with E-state index >= 15 is 0 Å². The van der Waals surface area contributed by atoms with Crippen molar-refractivity contribution >= 4 is 23.3 Å². The minimum atomic E-state index is -0.389. The highest BCUT2D eigenvalue weighted by Gasteiger charge is 2.40. The van der Waals surface area contributed by atoms with Gasteiger partial charge in [0, 0.05) is 11.4 Å². The number of urea groups is 1. The van der Waals surface area contributed by atoms with E-state index in [4.69, 9.17) is 5.11 Å². The molecule has 100 valence electrons. The van der Waals surface area contributed by atoms with Gasteiger partial charge in [0.2, 0.25) is 0 Å². The molecule has 1 aromatic heterocycles. The normalized spacial score (nSPS) is 22.4. The number of hydrogen-bond donors (Lipinski definition) is 3. The minimum Gasteiger partial charge on any atom is -0.395 e. The molecular formula is C12H13N3O3S. The summed E-state index contributed by atoms with van der Waals surface area (Å²) in [5.74, 6) is -0.130. The monoisotopic (exact) mass is 279 g/mol. The molecule has 2 aliphatic rings. The van der Waals surface area contributed by atoms with Crippen molar-refractivity contribution in [1.29, 1.82) is 0 Å². The molecule has 19 heavy (non-hydrogen) atoms. The molecule has 3 N–H and O–H groups in total. The van der Waals surface area contributed by atoms with Gasteiger partial charge in [-0.3, -0.25) is 4.79 Å². The summed E-state index contributed by atoms with van der Waals surface area (Å²) in [7, 11) is 0. The molecule has 6 nitrogen and oxygen atoms in total. The second kappa shape index (κ2) is 4.67. The van der Waals surface area contributed by atoms with Gasteiger partial charge < -0.3 is 20.6 Å². The highest BCUT2D eigenvalue weighted by atomic mass is 32.1. The van der Waals surface area contributed by atoms with Gasteiger partial charge >= 0.3 is 6.03 Å². The number of nitrogens with one attached hydrogen (secondary N) is 2. The maximum absolute atomic E-state index is 12.3. The Kier molecular flexibility index (Phi) is 3.00. The Balaban J connectivity index is 1.96.